The van der Waals surface area contributed by atoms with Crippen LogP contribution in [-0.4, -0.2) is 84.6 Å². The smallest absolute Gasteiger partial charge is 0.223 e. The third kappa shape index (κ3) is 3.59. The lowest BCUT2D eigenvalue weighted by Gasteiger charge is -2.47. The fourth-order valence-corrected chi connectivity index (χ4v) is 4.49. The first kappa shape index (κ1) is 18.4. The van der Waals surface area contributed by atoms with Gasteiger partial charge in [0, 0.05) is 66.0 Å². The van der Waals surface area contributed by atoms with Crippen LogP contribution in [0.5, 0.6) is 0 Å². The number of aryl methyl sites for hydroxylation is 1. The van der Waals surface area contributed by atoms with Crippen molar-refractivity contribution in [2.24, 2.45) is 7.05 Å². The highest BCUT2D eigenvalue weighted by Crippen LogP contribution is 2.48. The predicted molar refractivity (Wildman–Crippen MR) is 94.4 cm³/mol. The molecule has 0 saturated carbocycles. The summed E-state index contributed by atoms with van der Waals surface area (Å²) >= 11 is 0. The molecule has 25 heavy (non-hydrogen) atoms. The van der Waals surface area contributed by atoms with Crippen LogP contribution in [0.3, 0.4) is 0 Å². The van der Waals surface area contributed by atoms with E-state index in [-0.39, 0.29) is 17.4 Å². The number of hydrogen-bond acceptors (Lipinski definition) is 5. The van der Waals surface area contributed by atoms with Crippen LogP contribution in [0.2, 0.25) is 0 Å². The Labute approximate surface area is 149 Å². The van der Waals surface area contributed by atoms with Crippen molar-refractivity contribution >= 4 is 5.91 Å². The second-order valence-corrected chi connectivity index (χ2v) is 7.18. The molecular formula is C18H30N4O3. The molecule has 1 aromatic heterocycles. The van der Waals surface area contributed by atoms with Gasteiger partial charge in [-0.3, -0.25) is 9.48 Å². The number of carbonyl (C=O) groups excluding carboxylic acids is 1. The summed E-state index contributed by atoms with van der Waals surface area (Å²) < 4.78 is 12.3. The van der Waals surface area contributed by atoms with E-state index in [1.54, 1.807) is 14.2 Å². The van der Waals surface area contributed by atoms with Gasteiger partial charge in [-0.05, 0) is 18.4 Å². The SMILES string of the molecule is COCCN1CCC2(CC1)[C@@H](c1cnn(C)c1)CC(=O)N2CCOC. The van der Waals surface area contributed by atoms with Crippen molar-refractivity contribution in [3.05, 3.63) is 18.0 Å². The van der Waals surface area contributed by atoms with Crippen molar-refractivity contribution in [1.29, 1.82) is 0 Å². The van der Waals surface area contributed by atoms with Gasteiger partial charge < -0.3 is 19.3 Å². The highest BCUT2D eigenvalue weighted by atomic mass is 16.5. The number of methoxy groups -OCH3 is 2. The zero-order valence-corrected chi connectivity index (χ0v) is 15.6. The number of likely N-dealkylation sites (tertiary alicyclic amines) is 2. The number of carbonyl (C=O) groups is 1. The number of aromatic nitrogens is 2. The van der Waals surface area contributed by atoms with Gasteiger partial charge in [-0.25, -0.2) is 0 Å². The third-order valence-corrected chi connectivity index (χ3v) is 5.85. The van der Waals surface area contributed by atoms with E-state index < -0.39 is 0 Å². The molecule has 140 valence electrons. The number of nitrogens with zero attached hydrogens (tertiary/aromatic N) is 4. The average molecular weight is 350 g/mol. The Morgan fingerprint density at radius 1 is 1.20 bits per heavy atom. The summed E-state index contributed by atoms with van der Waals surface area (Å²) in [6.45, 7) is 4.96. The summed E-state index contributed by atoms with van der Waals surface area (Å²) in [5, 5.41) is 4.34. The molecule has 3 heterocycles. The minimum atomic E-state index is -0.109. The maximum atomic E-state index is 12.8. The monoisotopic (exact) mass is 350 g/mol. The largest absolute Gasteiger partial charge is 0.383 e. The molecule has 2 aliphatic heterocycles. The van der Waals surface area contributed by atoms with Crippen molar-refractivity contribution < 1.29 is 14.3 Å². The minimum Gasteiger partial charge on any atom is -0.383 e. The lowest BCUT2D eigenvalue weighted by molar-refractivity contribution is -0.133. The molecule has 0 N–H and O–H groups in total. The number of ether oxygens (including phenoxy) is 2. The average Bonchev–Trinajstić information content (AvgIpc) is 3.15. The molecule has 0 unspecified atom stereocenters. The fraction of sp³-hybridized carbons (Fsp3) is 0.778. The van der Waals surface area contributed by atoms with Gasteiger partial charge in [-0.2, -0.15) is 5.10 Å². The van der Waals surface area contributed by atoms with E-state index in [2.05, 4.69) is 21.1 Å². The molecule has 1 aromatic rings. The van der Waals surface area contributed by atoms with Crippen LogP contribution in [0.4, 0.5) is 0 Å². The highest BCUT2D eigenvalue weighted by molar-refractivity contribution is 5.81. The van der Waals surface area contributed by atoms with Crippen LogP contribution < -0.4 is 0 Å². The van der Waals surface area contributed by atoms with Gasteiger partial charge in [0.2, 0.25) is 5.91 Å². The zero-order valence-electron chi connectivity index (χ0n) is 15.6. The number of rotatable bonds is 7. The molecule has 7 heteroatoms. The molecule has 7 nitrogen and oxygen atoms in total. The molecular weight excluding hydrogens is 320 g/mol. The first-order valence-electron chi connectivity index (χ1n) is 9.10. The van der Waals surface area contributed by atoms with Crippen LogP contribution in [-0.2, 0) is 21.3 Å². The molecule has 2 aliphatic rings. The fourth-order valence-electron chi connectivity index (χ4n) is 4.49. The third-order valence-electron chi connectivity index (χ3n) is 5.85. The first-order valence-corrected chi connectivity index (χ1v) is 9.10. The van der Waals surface area contributed by atoms with E-state index in [1.165, 1.54) is 5.56 Å². The van der Waals surface area contributed by atoms with Crippen LogP contribution >= 0.6 is 0 Å². The van der Waals surface area contributed by atoms with Crippen molar-refractivity contribution in [2.75, 3.05) is 53.6 Å². The molecule has 2 saturated heterocycles. The highest BCUT2D eigenvalue weighted by Gasteiger charge is 2.54. The summed E-state index contributed by atoms with van der Waals surface area (Å²) in [6, 6.07) is 0. The normalized spacial score (nSPS) is 23.7. The van der Waals surface area contributed by atoms with Gasteiger partial charge in [0.25, 0.3) is 0 Å². The van der Waals surface area contributed by atoms with E-state index in [9.17, 15) is 4.79 Å². The molecule has 0 radical (unpaired) electrons. The Balaban J connectivity index is 1.82. The van der Waals surface area contributed by atoms with E-state index in [0.29, 0.717) is 19.6 Å². The standard InChI is InChI=1S/C18H30N4O3/c1-20-14-15(13-19-20)16-12-17(23)22(9-11-25-3)18(16)4-6-21(7-5-18)8-10-24-2/h13-14,16H,4-12H2,1-3H3/t16-/m1/s1. The quantitative estimate of drug-likeness (QED) is 0.730. The van der Waals surface area contributed by atoms with Crippen LogP contribution in [0, 0.1) is 0 Å². The number of hydrogen-bond donors (Lipinski definition) is 0. The molecule has 1 spiro atoms. The summed E-state index contributed by atoms with van der Waals surface area (Å²) in [6.07, 6.45) is 6.55. The van der Waals surface area contributed by atoms with Crippen molar-refractivity contribution in [3.63, 3.8) is 0 Å². The van der Waals surface area contributed by atoms with E-state index in [0.717, 1.165) is 39.1 Å². The molecule has 3 rings (SSSR count). The van der Waals surface area contributed by atoms with E-state index in [1.807, 2.05) is 17.9 Å². The first-order chi connectivity index (χ1) is 12.1. The molecule has 1 atom stereocenters. The Bertz CT molecular complexity index is 581. The maximum absolute atomic E-state index is 12.8. The summed E-state index contributed by atoms with van der Waals surface area (Å²) in [4.78, 5) is 17.3. The second-order valence-electron chi connectivity index (χ2n) is 7.18. The lowest BCUT2D eigenvalue weighted by atomic mass is 9.74. The van der Waals surface area contributed by atoms with E-state index >= 15 is 0 Å². The number of amides is 1. The second kappa shape index (κ2) is 7.85. The Morgan fingerprint density at radius 3 is 2.48 bits per heavy atom. The van der Waals surface area contributed by atoms with Crippen molar-refractivity contribution in [3.8, 4) is 0 Å². The van der Waals surface area contributed by atoms with Gasteiger partial charge in [0.15, 0.2) is 0 Å². The lowest BCUT2D eigenvalue weighted by Crippen LogP contribution is -2.56. The number of piperidine rings is 1. The minimum absolute atomic E-state index is 0.109. The van der Waals surface area contributed by atoms with Gasteiger partial charge in [0.1, 0.15) is 0 Å². The molecule has 1 amide bonds. The van der Waals surface area contributed by atoms with Crippen molar-refractivity contribution in [1.82, 2.24) is 19.6 Å². The summed E-state index contributed by atoms with van der Waals surface area (Å²) in [5.41, 5.74) is 1.07. The summed E-state index contributed by atoms with van der Waals surface area (Å²) in [7, 11) is 5.37. The Hall–Kier alpha value is -1.44. The zero-order chi connectivity index (χ0) is 17.9. The Morgan fingerprint density at radius 2 is 1.88 bits per heavy atom. The molecule has 0 aliphatic carbocycles. The topological polar surface area (TPSA) is 59.8 Å². The maximum Gasteiger partial charge on any atom is 0.223 e. The van der Waals surface area contributed by atoms with Gasteiger partial charge >= 0.3 is 0 Å². The molecule has 0 bridgehead atoms. The van der Waals surface area contributed by atoms with Gasteiger partial charge in [-0.1, -0.05) is 0 Å². The van der Waals surface area contributed by atoms with Crippen LogP contribution in [0.25, 0.3) is 0 Å². The van der Waals surface area contributed by atoms with Gasteiger partial charge in [-0.15, -0.1) is 0 Å². The van der Waals surface area contributed by atoms with E-state index in [4.69, 9.17) is 9.47 Å². The molecule has 0 aromatic carbocycles. The Kier molecular flexibility index (Phi) is 5.76. The predicted octanol–water partition coefficient (Wildman–Crippen LogP) is 0.863. The van der Waals surface area contributed by atoms with Gasteiger partial charge in [0.05, 0.1) is 24.9 Å². The van der Waals surface area contributed by atoms with Crippen LogP contribution in [0.15, 0.2) is 12.4 Å². The molecule has 2 fully saturated rings. The van der Waals surface area contributed by atoms with Crippen molar-refractivity contribution in [2.45, 2.75) is 30.7 Å². The van der Waals surface area contributed by atoms with Crippen LogP contribution in [0.1, 0.15) is 30.7 Å². The summed E-state index contributed by atoms with van der Waals surface area (Å²) in [5.74, 6) is 0.464.